The molecule has 0 saturated heterocycles. The first-order valence-electron chi connectivity index (χ1n) is 5.79. The van der Waals surface area contributed by atoms with E-state index in [4.69, 9.17) is 22.1 Å². The molecule has 0 aliphatic rings. The molecule has 0 spiro atoms. The van der Waals surface area contributed by atoms with Gasteiger partial charge in [-0.05, 0) is 44.2 Å². The maximum Gasteiger partial charge on any atom is 0.148 e. The summed E-state index contributed by atoms with van der Waals surface area (Å²) in [6.07, 6.45) is 2.43. The molecule has 2 rings (SSSR count). The topological polar surface area (TPSA) is 48.1 Å². The summed E-state index contributed by atoms with van der Waals surface area (Å²) in [5.41, 5.74) is 7.37. The Morgan fingerprint density at radius 2 is 2.00 bits per heavy atom. The summed E-state index contributed by atoms with van der Waals surface area (Å²) in [7, 11) is 0. The Balaban J connectivity index is 2.34. The number of hydrogen-bond donors (Lipinski definition) is 1. The van der Waals surface area contributed by atoms with E-state index in [1.165, 1.54) is 0 Å². The van der Waals surface area contributed by atoms with Gasteiger partial charge in [0.05, 0.1) is 5.69 Å². The molecule has 0 atom stereocenters. The van der Waals surface area contributed by atoms with Gasteiger partial charge in [-0.3, -0.25) is 4.98 Å². The maximum atomic E-state index is 6.16. The van der Waals surface area contributed by atoms with Crippen LogP contribution in [0.25, 0.3) is 0 Å². The van der Waals surface area contributed by atoms with Gasteiger partial charge in [0.1, 0.15) is 11.5 Å². The van der Waals surface area contributed by atoms with Crippen LogP contribution >= 0.6 is 11.6 Å². The van der Waals surface area contributed by atoms with Crippen molar-refractivity contribution in [1.29, 1.82) is 0 Å². The maximum absolute atomic E-state index is 6.16. The summed E-state index contributed by atoms with van der Waals surface area (Å²) in [6, 6.07) is 9.33. The number of nitrogens with two attached hydrogens (primary N) is 1. The molecule has 0 saturated carbocycles. The molecule has 3 nitrogen and oxygen atoms in total. The molecular weight excluding hydrogens is 248 g/mol. The van der Waals surface area contributed by atoms with E-state index in [1.807, 2.05) is 37.3 Å². The Morgan fingerprint density at radius 3 is 2.72 bits per heavy atom. The summed E-state index contributed by atoms with van der Waals surface area (Å²) in [5, 5.41) is 0.680. The third-order valence-electron chi connectivity index (χ3n) is 2.65. The predicted molar refractivity (Wildman–Crippen MR) is 73.3 cm³/mol. The van der Waals surface area contributed by atoms with Gasteiger partial charge >= 0.3 is 0 Å². The van der Waals surface area contributed by atoms with Crippen LogP contribution in [0.5, 0.6) is 11.5 Å². The number of aromatic nitrogens is 1. The molecule has 0 aliphatic heterocycles. The lowest BCUT2D eigenvalue weighted by Crippen LogP contribution is -2.05. The second-order valence-electron chi connectivity index (χ2n) is 3.94. The number of pyridine rings is 1. The van der Waals surface area contributed by atoms with Gasteiger partial charge in [-0.1, -0.05) is 17.7 Å². The van der Waals surface area contributed by atoms with Crippen molar-refractivity contribution in [2.24, 2.45) is 5.73 Å². The average Bonchev–Trinajstić information content (AvgIpc) is 2.36. The Bertz CT molecular complexity index is 543. The predicted octanol–water partition coefficient (Wildman–Crippen LogP) is 3.34. The van der Waals surface area contributed by atoms with Crippen molar-refractivity contribution in [2.45, 2.75) is 13.3 Å². The zero-order valence-corrected chi connectivity index (χ0v) is 10.9. The lowest BCUT2D eigenvalue weighted by atomic mass is 10.1. The standard InChI is InChI=1S/C14H15ClN2O/c1-10-13(6-3-9-17-10)18-14-5-2-4-12(15)11(14)7-8-16/h2-6,9H,7-8,16H2,1H3. The van der Waals surface area contributed by atoms with Gasteiger partial charge < -0.3 is 10.5 Å². The summed E-state index contributed by atoms with van der Waals surface area (Å²) in [6.45, 7) is 2.44. The van der Waals surface area contributed by atoms with E-state index >= 15 is 0 Å². The van der Waals surface area contributed by atoms with E-state index in [1.54, 1.807) is 6.20 Å². The zero-order chi connectivity index (χ0) is 13.0. The second-order valence-corrected chi connectivity index (χ2v) is 4.35. The van der Waals surface area contributed by atoms with Crippen molar-refractivity contribution in [3.63, 3.8) is 0 Å². The first-order chi connectivity index (χ1) is 8.72. The van der Waals surface area contributed by atoms with Crippen molar-refractivity contribution in [3.8, 4) is 11.5 Å². The number of aryl methyl sites for hydroxylation is 1. The highest BCUT2D eigenvalue weighted by Gasteiger charge is 2.09. The molecule has 0 amide bonds. The van der Waals surface area contributed by atoms with Crippen LogP contribution in [0, 0.1) is 6.92 Å². The van der Waals surface area contributed by atoms with Crippen molar-refractivity contribution in [2.75, 3.05) is 6.54 Å². The molecule has 94 valence electrons. The van der Waals surface area contributed by atoms with Crippen LogP contribution in [-0.2, 0) is 6.42 Å². The van der Waals surface area contributed by atoms with Crippen LogP contribution < -0.4 is 10.5 Å². The second kappa shape index (κ2) is 5.85. The Morgan fingerprint density at radius 1 is 1.22 bits per heavy atom. The van der Waals surface area contributed by atoms with Crippen LogP contribution in [0.3, 0.4) is 0 Å². The minimum absolute atomic E-state index is 0.534. The number of hydrogen-bond acceptors (Lipinski definition) is 3. The van der Waals surface area contributed by atoms with Crippen molar-refractivity contribution < 1.29 is 4.74 Å². The van der Waals surface area contributed by atoms with Gasteiger partial charge in [-0.25, -0.2) is 0 Å². The Hall–Kier alpha value is -1.58. The first kappa shape index (κ1) is 12.9. The van der Waals surface area contributed by atoms with Crippen LogP contribution in [0.2, 0.25) is 5.02 Å². The summed E-state index contributed by atoms with van der Waals surface area (Å²) in [4.78, 5) is 4.19. The molecule has 0 fully saturated rings. The third kappa shape index (κ3) is 2.81. The molecule has 1 heterocycles. The highest BCUT2D eigenvalue weighted by atomic mass is 35.5. The molecule has 1 aromatic carbocycles. The molecule has 2 aromatic rings. The Labute approximate surface area is 112 Å². The smallest absolute Gasteiger partial charge is 0.148 e. The summed E-state index contributed by atoms with van der Waals surface area (Å²) >= 11 is 6.16. The van der Waals surface area contributed by atoms with Crippen LogP contribution in [0.4, 0.5) is 0 Å². The molecule has 0 aliphatic carbocycles. The molecule has 0 bridgehead atoms. The van der Waals surface area contributed by atoms with Crippen molar-refractivity contribution in [1.82, 2.24) is 4.98 Å². The fraction of sp³-hybridized carbons (Fsp3) is 0.214. The lowest BCUT2D eigenvalue weighted by molar-refractivity contribution is 0.469. The molecule has 4 heteroatoms. The van der Waals surface area contributed by atoms with Crippen LogP contribution in [0.1, 0.15) is 11.3 Å². The van der Waals surface area contributed by atoms with E-state index in [2.05, 4.69) is 4.98 Å². The quantitative estimate of drug-likeness (QED) is 0.919. The number of rotatable bonds is 4. The van der Waals surface area contributed by atoms with Crippen LogP contribution in [0.15, 0.2) is 36.5 Å². The van der Waals surface area contributed by atoms with E-state index in [-0.39, 0.29) is 0 Å². The zero-order valence-electron chi connectivity index (χ0n) is 10.2. The monoisotopic (exact) mass is 262 g/mol. The van der Waals surface area contributed by atoms with Gasteiger partial charge in [0.25, 0.3) is 0 Å². The lowest BCUT2D eigenvalue weighted by Gasteiger charge is -2.13. The molecule has 18 heavy (non-hydrogen) atoms. The third-order valence-corrected chi connectivity index (χ3v) is 3.00. The summed E-state index contributed by atoms with van der Waals surface area (Å²) in [5.74, 6) is 1.47. The summed E-state index contributed by atoms with van der Waals surface area (Å²) < 4.78 is 5.87. The molecule has 1 aromatic heterocycles. The number of nitrogens with zero attached hydrogens (tertiary/aromatic N) is 1. The normalized spacial score (nSPS) is 10.4. The fourth-order valence-electron chi connectivity index (χ4n) is 1.72. The SMILES string of the molecule is Cc1ncccc1Oc1cccc(Cl)c1CCN. The van der Waals surface area contributed by atoms with Gasteiger partial charge in [0.2, 0.25) is 0 Å². The molecule has 0 radical (unpaired) electrons. The van der Waals surface area contributed by atoms with Crippen molar-refractivity contribution >= 4 is 11.6 Å². The molecule has 0 unspecified atom stereocenters. The van der Waals surface area contributed by atoms with E-state index in [0.29, 0.717) is 18.0 Å². The van der Waals surface area contributed by atoms with Gasteiger partial charge in [-0.15, -0.1) is 0 Å². The first-order valence-corrected chi connectivity index (χ1v) is 6.17. The van der Waals surface area contributed by atoms with E-state index < -0.39 is 0 Å². The van der Waals surface area contributed by atoms with Crippen molar-refractivity contribution in [3.05, 3.63) is 52.8 Å². The fourth-order valence-corrected chi connectivity index (χ4v) is 1.98. The largest absolute Gasteiger partial charge is 0.455 e. The number of ether oxygens (including phenoxy) is 1. The van der Waals surface area contributed by atoms with E-state index in [9.17, 15) is 0 Å². The minimum Gasteiger partial charge on any atom is -0.455 e. The van der Waals surface area contributed by atoms with Gasteiger partial charge in [0.15, 0.2) is 0 Å². The average molecular weight is 263 g/mol. The van der Waals surface area contributed by atoms with Crippen LogP contribution in [-0.4, -0.2) is 11.5 Å². The minimum atomic E-state index is 0.534. The molecular formula is C14H15ClN2O. The highest BCUT2D eigenvalue weighted by Crippen LogP contribution is 2.31. The van der Waals surface area contributed by atoms with Gasteiger partial charge in [-0.2, -0.15) is 0 Å². The molecule has 2 N–H and O–H groups in total. The number of halogens is 1. The number of benzene rings is 1. The Kier molecular flexibility index (Phi) is 4.18. The van der Waals surface area contributed by atoms with E-state index in [0.717, 1.165) is 22.8 Å². The highest BCUT2D eigenvalue weighted by molar-refractivity contribution is 6.31. The van der Waals surface area contributed by atoms with Gasteiger partial charge in [0, 0.05) is 16.8 Å².